The molecule has 2 amide bonds. The summed E-state index contributed by atoms with van der Waals surface area (Å²) in [7, 11) is -2.57. The SMILES string of the molecule is CN(C(=O)Nc1ccc(N2CCOCC2)cc1)c1nc(O)c(S(=O)(=O)NCc2ccccc2)s1. The Morgan fingerprint density at radius 2 is 1.82 bits per heavy atom. The number of ether oxygens (including phenoxy) is 1. The van der Waals surface area contributed by atoms with Crippen molar-refractivity contribution in [2.45, 2.75) is 10.8 Å². The molecule has 1 fully saturated rings. The highest BCUT2D eigenvalue weighted by Gasteiger charge is 2.27. The molecule has 0 unspecified atom stereocenters. The zero-order valence-corrected chi connectivity index (χ0v) is 20.1. The number of sulfonamides is 1. The van der Waals surface area contributed by atoms with E-state index in [4.69, 9.17) is 4.74 Å². The summed E-state index contributed by atoms with van der Waals surface area (Å²) < 4.78 is 32.8. The number of benzene rings is 2. The third kappa shape index (κ3) is 5.65. The Morgan fingerprint density at radius 3 is 2.50 bits per heavy atom. The molecule has 180 valence electrons. The summed E-state index contributed by atoms with van der Waals surface area (Å²) in [5.74, 6) is -0.657. The van der Waals surface area contributed by atoms with E-state index in [0.717, 1.165) is 29.2 Å². The van der Waals surface area contributed by atoms with E-state index in [-0.39, 0.29) is 15.9 Å². The second kappa shape index (κ2) is 10.4. The zero-order valence-electron chi connectivity index (χ0n) is 18.5. The fourth-order valence-corrected chi connectivity index (χ4v) is 5.58. The maximum absolute atomic E-state index is 12.7. The molecule has 2 aromatic carbocycles. The maximum atomic E-state index is 12.7. The number of morpholine rings is 1. The fourth-order valence-electron chi connectivity index (χ4n) is 3.32. The first kappa shape index (κ1) is 24.0. The summed E-state index contributed by atoms with van der Waals surface area (Å²) in [6.07, 6.45) is 0. The highest BCUT2D eigenvalue weighted by Crippen LogP contribution is 2.34. The van der Waals surface area contributed by atoms with Gasteiger partial charge in [-0.05, 0) is 29.8 Å². The largest absolute Gasteiger partial charge is 0.492 e. The van der Waals surface area contributed by atoms with Gasteiger partial charge in [0.15, 0.2) is 9.34 Å². The van der Waals surface area contributed by atoms with Crippen LogP contribution in [0, 0.1) is 0 Å². The first-order chi connectivity index (χ1) is 16.3. The zero-order chi connectivity index (χ0) is 24.1. The first-order valence-electron chi connectivity index (χ1n) is 10.5. The highest BCUT2D eigenvalue weighted by atomic mass is 32.2. The van der Waals surface area contributed by atoms with E-state index >= 15 is 0 Å². The van der Waals surface area contributed by atoms with Gasteiger partial charge in [-0.15, -0.1) is 0 Å². The number of aromatic hydroxyl groups is 1. The molecule has 0 atom stereocenters. The lowest BCUT2D eigenvalue weighted by molar-refractivity contribution is 0.122. The van der Waals surface area contributed by atoms with Crippen LogP contribution in [0.2, 0.25) is 0 Å². The molecule has 1 aliphatic heterocycles. The van der Waals surface area contributed by atoms with Gasteiger partial charge < -0.3 is 20.1 Å². The lowest BCUT2D eigenvalue weighted by Crippen LogP contribution is -2.36. The third-order valence-electron chi connectivity index (χ3n) is 5.21. The minimum atomic E-state index is -4.02. The van der Waals surface area contributed by atoms with Crippen LogP contribution in [0.25, 0.3) is 0 Å². The van der Waals surface area contributed by atoms with Crippen LogP contribution in [0.1, 0.15) is 5.56 Å². The van der Waals surface area contributed by atoms with E-state index in [1.165, 1.54) is 7.05 Å². The number of anilines is 3. The Balaban J connectivity index is 1.40. The molecule has 0 bridgehead atoms. The number of nitrogens with zero attached hydrogens (tertiary/aromatic N) is 3. The number of urea groups is 1. The minimum absolute atomic E-state index is 0.0417. The number of nitrogens with one attached hydrogen (secondary N) is 2. The molecule has 2 heterocycles. The molecule has 12 heteroatoms. The van der Waals surface area contributed by atoms with Gasteiger partial charge in [0, 0.05) is 38.1 Å². The summed E-state index contributed by atoms with van der Waals surface area (Å²) in [6.45, 7) is 3.06. The molecule has 10 nitrogen and oxygen atoms in total. The molecule has 0 radical (unpaired) electrons. The summed E-state index contributed by atoms with van der Waals surface area (Å²) in [5, 5.41) is 12.9. The van der Waals surface area contributed by atoms with E-state index in [2.05, 4.69) is 19.9 Å². The maximum Gasteiger partial charge on any atom is 0.327 e. The first-order valence-corrected chi connectivity index (χ1v) is 12.8. The predicted octanol–water partition coefficient (Wildman–Crippen LogP) is 2.83. The molecule has 1 aromatic heterocycles. The molecule has 34 heavy (non-hydrogen) atoms. The van der Waals surface area contributed by atoms with Gasteiger partial charge in [0.1, 0.15) is 0 Å². The second-order valence-corrected chi connectivity index (χ2v) is 10.5. The van der Waals surface area contributed by atoms with Crippen molar-refractivity contribution < 1.29 is 23.1 Å². The molecule has 3 aromatic rings. The monoisotopic (exact) mass is 503 g/mol. The van der Waals surface area contributed by atoms with E-state index < -0.39 is 21.9 Å². The number of carbonyl (C=O) groups is 1. The number of rotatable bonds is 7. The topological polar surface area (TPSA) is 124 Å². The number of aromatic nitrogens is 1. The Morgan fingerprint density at radius 1 is 1.15 bits per heavy atom. The van der Waals surface area contributed by atoms with Crippen LogP contribution in [0.5, 0.6) is 5.88 Å². The summed E-state index contributed by atoms with van der Waals surface area (Å²) in [5.41, 5.74) is 2.38. The molecule has 1 aliphatic rings. The van der Waals surface area contributed by atoms with Crippen molar-refractivity contribution in [3.63, 3.8) is 0 Å². The van der Waals surface area contributed by atoms with Crippen molar-refractivity contribution in [1.82, 2.24) is 9.71 Å². The molecular weight excluding hydrogens is 478 g/mol. The Bertz CT molecular complexity index is 1230. The lowest BCUT2D eigenvalue weighted by Gasteiger charge is -2.29. The molecule has 0 spiro atoms. The Kier molecular flexibility index (Phi) is 7.32. The van der Waals surface area contributed by atoms with Gasteiger partial charge in [0.2, 0.25) is 5.88 Å². The van der Waals surface area contributed by atoms with Crippen LogP contribution in [-0.4, -0.2) is 57.9 Å². The number of hydrogen-bond acceptors (Lipinski definition) is 8. The average molecular weight is 504 g/mol. The molecular formula is C22H25N5O5S2. The van der Waals surface area contributed by atoms with E-state index in [1.54, 1.807) is 36.4 Å². The van der Waals surface area contributed by atoms with Crippen LogP contribution < -0.4 is 19.8 Å². The van der Waals surface area contributed by atoms with Gasteiger partial charge in [0.05, 0.1) is 13.2 Å². The van der Waals surface area contributed by atoms with Crippen LogP contribution in [-0.2, 0) is 21.3 Å². The molecule has 4 rings (SSSR count). The normalized spacial score (nSPS) is 14.1. The number of carbonyl (C=O) groups excluding carboxylic acids is 1. The van der Waals surface area contributed by atoms with E-state index in [0.29, 0.717) is 30.2 Å². The van der Waals surface area contributed by atoms with Gasteiger partial charge >= 0.3 is 6.03 Å². The summed E-state index contributed by atoms with van der Waals surface area (Å²) in [4.78, 5) is 19.9. The van der Waals surface area contributed by atoms with Gasteiger partial charge in [0.25, 0.3) is 10.0 Å². The second-order valence-electron chi connectivity index (χ2n) is 7.55. The van der Waals surface area contributed by atoms with Crippen LogP contribution in [0.15, 0.2) is 58.8 Å². The standard InChI is InChI=1S/C22H25N5O5S2/c1-26(21(29)24-17-7-9-18(10-8-17)27-11-13-32-14-12-27)22-25-19(28)20(33-22)34(30,31)23-15-16-5-3-2-4-6-16/h2-10,23,28H,11-15H2,1H3,(H,24,29). The smallest absolute Gasteiger partial charge is 0.327 e. The van der Waals surface area contributed by atoms with Crippen LogP contribution in [0.3, 0.4) is 0 Å². The minimum Gasteiger partial charge on any atom is -0.492 e. The van der Waals surface area contributed by atoms with Gasteiger partial charge in [-0.2, -0.15) is 4.98 Å². The van der Waals surface area contributed by atoms with Crippen molar-refractivity contribution in [3.05, 3.63) is 60.2 Å². The molecule has 0 saturated carbocycles. The number of thiazole rings is 1. The van der Waals surface area contributed by atoms with Crippen molar-refractivity contribution in [2.24, 2.45) is 0 Å². The molecule has 3 N–H and O–H groups in total. The van der Waals surface area contributed by atoms with Crippen LogP contribution >= 0.6 is 11.3 Å². The van der Waals surface area contributed by atoms with Gasteiger partial charge in [-0.3, -0.25) is 4.90 Å². The van der Waals surface area contributed by atoms with E-state index in [9.17, 15) is 18.3 Å². The number of hydrogen-bond donors (Lipinski definition) is 3. The van der Waals surface area contributed by atoms with Crippen LogP contribution in [0.4, 0.5) is 21.3 Å². The molecule has 1 saturated heterocycles. The highest BCUT2D eigenvalue weighted by molar-refractivity contribution is 7.91. The summed E-state index contributed by atoms with van der Waals surface area (Å²) in [6, 6.07) is 15.9. The quantitative estimate of drug-likeness (QED) is 0.453. The van der Waals surface area contributed by atoms with E-state index in [1.807, 2.05) is 18.2 Å². The summed E-state index contributed by atoms with van der Waals surface area (Å²) >= 11 is 0.705. The van der Waals surface area contributed by atoms with Gasteiger partial charge in [-0.25, -0.2) is 17.9 Å². The third-order valence-corrected chi connectivity index (χ3v) is 8.23. The van der Waals surface area contributed by atoms with Crippen molar-refractivity contribution in [1.29, 1.82) is 0 Å². The molecule has 0 aliphatic carbocycles. The van der Waals surface area contributed by atoms with Crippen molar-refractivity contribution in [2.75, 3.05) is 48.5 Å². The average Bonchev–Trinajstić information content (AvgIpc) is 3.26. The van der Waals surface area contributed by atoms with Crippen molar-refractivity contribution in [3.8, 4) is 5.88 Å². The lowest BCUT2D eigenvalue weighted by atomic mass is 10.2. The Hall–Kier alpha value is -3.19. The number of amides is 2. The van der Waals surface area contributed by atoms with Gasteiger partial charge in [-0.1, -0.05) is 41.7 Å². The fraction of sp³-hybridized carbons (Fsp3) is 0.273. The Labute approximate surface area is 201 Å². The predicted molar refractivity (Wildman–Crippen MR) is 131 cm³/mol. The van der Waals surface area contributed by atoms with Crippen molar-refractivity contribution >= 4 is 43.9 Å².